The van der Waals surface area contributed by atoms with Crippen molar-refractivity contribution in [2.75, 3.05) is 57.4 Å². The van der Waals surface area contributed by atoms with E-state index < -0.39 is 0 Å². The Morgan fingerprint density at radius 3 is 2.74 bits per heavy atom. The van der Waals surface area contributed by atoms with Crippen molar-refractivity contribution in [2.45, 2.75) is 32.7 Å². The first kappa shape index (κ1) is 22.0. The second kappa shape index (κ2) is 9.28. The average molecular weight is 482 g/mol. The predicted molar refractivity (Wildman–Crippen MR) is 132 cm³/mol. The van der Waals surface area contributed by atoms with Crippen LogP contribution in [-0.4, -0.2) is 78.2 Å². The molecular formula is C25H31N5O3S. The van der Waals surface area contributed by atoms with Crippen molar-refractivity contribution >= 4 is 33.3 Å². The van der Waals surface area contributed by atoms with Crippen LogP contribution in [0.5, 0.6) is 0 Å². The SMILES string of the molecule is C[C@H]1CCc2c(sc3nc(CN4CCOCC4)nc(N4CCN(C(=O)c5ccco5)CC4)c23)C1. The molecule has 9 heteroatoms. The fraction of sp³-hybridized carbons (Fsp3) is 0.560. The molecule has 5 heterocycles. The summed E-state index contributed by atoms with van der Waals surface area (Å²) in [7, 11) is 0. The molecule has 1 atom stereocenters. The Hall–Kier alpha value is -2.49. The molecule has 0 spiro atoms. The van der Waals surface area contributed by atoms with E-state index in [0.717, 1.165) is 81.2 Å². The van der Waals surface area contributed by atoms with E-state index >= 15 is 0 Å². The Bertz CT molecular complexity index is 1160. The number of hydrogen-bond acceptors (Lipinski definition) is 8. The summed E-state index contributed by atoms with van der Waals surface area (Å²) in [4.78, 5) is 32.2. The molecule has 180 valence electrons. The molecule has 0 radical (unpaired) electrons. The number of anilines is 1. The number of morpholine rings is 1. The molecule has 2 fully saturated rings. The summed E-state index contributed by atoms with van der Waals surface area (Å²) in [6.07, 6.45) is 5.02. The van der Waals surface area contributed by atoms with Crippen LogP contribution in [0.4, 0.5) is 5.82 Å². The molecule has 1 aliphatic carbocycles. The monoisotopic (exact) mass is 481 g/mol. The highest BCUT2D eigenvalue weighted by molar-refractivity contribution is 7.19. The standard InChI is InChI=1S/C25H31N5O3S/c1-17-4-5-18-20(15-17)34-24-22(18)23(26-21(27-24)16-28-10-13-32-14-11-28)29-6-8-30(9-7-29)25(31)19-3-2-12-33-19/h2-3,12,17H,4-11,13-16H2,1H3/t17-/m0/s1. The first-order valence-corrected chi connectivity index (χ1v) is 13.2. The highest BCUT2D eigenvalue weighted by Gasteiger charge is 2.29. The van der Waals surface area contributed by atoms with Gasteiger partial charge in [-0.1, -0.05) is 6.92 Å². The van der Waals surface area contributed by atoms with Crippen molar-refractivity contribution < 1.29 is 13.9 Å². The van der Waals surface area contributed by atoms with E-state index in [4.69, 9.17) is 19.1 Å². The zero-order chi connectivity index (χ0) is 23.1. The summed E-state index contributed by atoms with van der Waals surface area (Å²) in [5.74, 6) is 3.05. The van der Waals surface area contributed by atoms with Crippen LogP contribution in [0.15, 0.2) is 22.8 Å². The van der Waals surface area contributed by atoms with Gasteiger partial charge in [-0.2, -0.15) is 0 Å². The van der Waals surface area contributed by atoms with Crippen molar-refractivity contribution in [3.05, 3.63) is 40.4 Å². The van der Waals surface area contributed by atoms with Gasteiger partial charge in [-0.05, 0) is 42.9 Å². The van der Waals surface area contributed by atoms with E-state index in [1.807, 2.05) is 16.2 Å². The molecule has 2 aliphatic heterocycles. The fourth-order valence-corrected chi connectivity index (χ4v) is 6.70. The Morgan fingerprint density at radius 1 is 1.15 bits per heavy atom. The van der Waals surface area contributed by atoms with Gasteiger partial charge in [0.15, 0.2) is 5.76 Å². The average Bonchev–Trinajstić information content (AvgIpc) is 3.52. The Kier molecular flexibility index (Phi) is 6.01. The lowest BCUT2D eigenvalue weighted by molar-refractivity contribution is 0.0331. The van der Waals surface area contributed by atoms with Crippen LogP contribution in [0, 0.1) is 5.92 Å². The highest BCUT2D eigenvalue weighted by atomic mass is 32.1. The number of aryl methyl sites for hydroxylation is 1. The van der Waals surface area contributed by atoms with Crippen LogP contribution in [0.1, 0.15) is 40.2 Å². The van der Waals surface area contributed by atoms with Crippen molar-refractivity contribution in [3.8, 4) is 0 Å². The molecular weight excluding hydrogens is 450 g/mol. The van der Waals surface area contributed by atoms with Gasteiger partial charge in [0, 0.05) is 44.1 Å². The molecule has 0 unspecified atom stereocenters. The quantitative estimate of drug-likeness (QED) is 0.566. The smallest absolute Gasteiger partial charge is 0.289 e. The molecule has 8 nitrogen and oxygen atoms in total. The van der Waals surface area contributed by atoms with Gasteiger partial charge >= 0.3 is 0 Å². The van der Waals surface area contributed by atoms with Crippen LogP contribution in [-0.2, 0) is 24.1 Å². The summed E-state index contributed by atoms with van der Waals surface area (Å²) in [5.41, 5.74) is 1.46. The minimum atomic E-state index is -0.0348. The van der Waals surface area contributed by atoms with Gasteiger partial charge < -0.3 is 19.0 Å². The van der Waals surface area contributed by atoms with Crippen LogP contribution < -0.4 is 4.90 Å². The van der Waals surface area contributed by atoms with Gasteiger partial charge in [-0.15, -0.1) is 11.3 Å². The molecule has 34 heavy (non-hydrogen) atoms. The largest absolute Gasteiger partial charge is 0.459 e. The molecule has 1 amide bonds. The molecule has 0 saturated carbocycles. The Morgan fingerprint density at radius 2 is 1.97 bits per heavy atom. The second-order valence-corrected chi connectivity index (χ2v) is 10.7. The first-order chi connectivity index (χ1) is 16.7. The predicted octanol–water partition coefficient (Wildman–Crippen LogP) is 3.20. The number of carbonyl (C=O) groups is 1. The van der Waals surface area contributed by atoms with E-state index in [2.05, 4.69) is 16.7 Å². The van der Waals surface area contributed by atoms with Crippen molar-refractivity contribution in [2.24, 2.45) is 5.92 Å². The highest BCUT2D eigenvalue weighted by Crippen LogP contribution is 2.41. The summed E-state index contributed by atoms with van der Waals surface area (Å²) < 4.78 is 10.8. The molecule has 0 bridgehead atoms. The number of ether oxygens (including phenoxy) is 1. The number of hydrogen-bond donors (Lipinski definition) is 0. The topological polar surface area (TPSA) is 74.9 Å². The van der Waals surface area contributed by atoms with Gasteiger partial charge in [-0.25, -0.2) is 9.97 Å². The fourth-order valence-electron chi connectivity index (χ4n) is 5.30. The van der Waals surface area contributed by atoms with Crippen molar-refractivity contribution in [3.63, 3.8) is 0 Å². The number of rotatable bonds is 4. The lowest BCUT2D eigenvalue weighted by Gasteiger charge is -2.35. The zero-order valence-electron chi connectivity index (χ0n) is 19.7. The molecule has 3 aromatic heterocycles. The van der Waals surface area contributed by atoms with Gasteiger partial charge in [0.25, 0.3) is 5.91 Å². The number of furan rings is 1. The third-order valence-corrected chi connectivity index (χ3v) is 8.40. The lowest BCUT2D eigenvalue weighted by Crippen LogP contribution is -2.49. The number of piperazine rings is 1. The van der Waals surface area contributed by atoms with E-state index in [1.54, 1.807) is 18.4 Å². The first-order valence-electron chi connectivity index (χ1n) is 12.3. The van der Waals surface area contributed by atoms with E-state index in [0.29, 0.717) is 18.8 Å². The van der Waals surface area contributed by atoms with E-state index in [-0.39, 0.29) is 5.91 Å². The summed E-state index contributed by atoms with van der Waals surface area (Å²) in [6, 6.07) is 3.50. The molecule has 3 aromatic rings. The van der Waals surface area contributed by atoms with Crippen molar-refractivity contribution in [1.29, 1.82) is 0 Å². The van der Waals surface area contributed by atoms with Gasteiger partial charge in [0.05, 0.1) is 31.4 Å². The Balaban J connectivity index is 1.30. The molecule has 2 saturated heterocycles. The van der Waals surface area contributed by atoms with Gasteiger partial charge in [0.2, 0.25) is 0 Å². The third-order valence-electron chi connectivity index (χ3n) is 7.25. The number of aromatic nitrogens is 2. The molecule has 6 rings (SSSR count). The Labute approximate surface area is 203 Å². The number of nitrogens with zero attached hydrogens (tertiary/aromatic N) is 5. The van der Waals surface area contributed by atoms with Crippen LogP contribution in [0.25, 0.3) is 10.2 Å². The van der Waals surface area contributed by atoms with E-state index in [9.17, 15) is 4.79 Å². The second-order valence-electron chi connectivity index (χ2n) is 9.64. The molecule has 0 aromatic carbocycles. The summed E-state index contributed by atoms with van der Waals surface area (Å²) in [6.45, 7) is 9.32. The van der Waals surface area contributed by atoms with Crippen LogP contribution in [0.3, 0.4) is 0 Å². The minimum Gasteiger partial charge on any atom is -0.459 e. The van der Waals surface area contributed by atoms with Gasteiger partial charge in [0.1, 0.15) is 16.5 Å². The summed E-state index contributed by atoms with van der Waals surface area (Å²) in [5, 5.41) is 1.25. The number of carbonyl (C=O) groups excluding carboxylic acids is 1. The van der Waals surface area contributed by atoms with Crippen LogP contribution in [0.2, 0.25) is 0 Å². The van der Waals surface area contributed by atoms with E-state index in [1.165, 1.54) is 22.2 Å². The number of fused-ring (bicyclic) bond motifs is 3. The summed E-state index contributed by atoms with van der Waals surface area (Å²) >= 11 is 1.86. The normalized spacial score (nSPS) is 21.7. The maximum atomic E-state index is 12.7. The minimum absolute atomic E-state index is 0.0348. The maximum absolute atomic E-state index is 12.7. The molecule has 0 N–H and O–H groups in total. The lowest BCUT2D eigenvalue weighted by atomic mass is 9.89. The van der Waals surface area contributed by atoms with Gasteiger partial charge in [-0.3, -0.25) is 9.69 Å². The molecule has 3 aliphatic rings. The number of thiophene rings is 1. The zero-order valence-corrected chi connectivity index (χ0v) is 20.5. The maximum Gasteiger partial charge on any atom is 0.289 e. The third kappa shape index (κ3) is 4.21. The number of amides is 1. The van der Waals surface area contributed by atoms with Crippen LogP contribution >= 0.6 is 11.3 Å². The van der Waals surface area contributed by atoms with Crippen molar-refractivity contribution in [1.82, 2.24) is 19.8 Å².